The molecule has 0 saturated carbocycles. The molecule has 0 aliphatic carbocycles. The Bertz CT molecular complexity index is 517. The van der Waals surface area contributed by atoms with E-state index in [0.29, 0.717) is 6.07 Å². The van der Waals surface area contributed by atoms with E-state index < -0.39 is 39.2 Å². The van der Waals surface area contributed by atoms with E-state index in [1.807, 2.05) is 0 Å². The van der Waals surface area contributed by atoms with Crippen LogP contribution in [0.15, 0.2) is 23.1 Å². The first-order valence-electron chi connectivity index (χ1n) is 5.38. The molecule has 0 unspecified atom stereocenters. The number of hydrogen-bond donors (Lipinski definition) is 1. The van der Waals surface area contributed by atoms with E-state index in [1.165, 1.54) is 0 Å². The van der Waals surface area contributed by atoms with Gasteiger partial charge in [-0.05, 0) is 32.0 Å². The fourth-order valence-corrected chi connectivity index (χ4v) is 3.26. The molecule has 0 amide bonds. The van der Waals surface area contributed by atoms with E-state index >= 15 is 0 Å². The third-order valence-corrected chi connectivity index (χ3v) is 4.47. The Balaban J connectivity index is 3.30. The zero-order valence-corrected chi connectivity index (χ0v) is 10.9. The Morgan fingerprint density at radius 3 is 2.44 bits per heavy atom. The normalized spacial score (nSPS) is 12.4. The molecule has 102 valence electrons. The maximum Gasteiger partial charge on any atom is 0.246 e. The third-order valence-electron chi connectivity index (χ3n) is 2.38. The van der Waals surface area contributed by atoms with Crippen molar-refractivity contribution >= 4 is 10.0 Å². The Hall–Kier alpha value is -1.05. The van der Waals surface area contributed by atoms with E-state index in [-0.39, 0.29) is 6.54 Å². The lowest BCUT2D eigenvalue weighted by Gasteiger charge is -2.25. The zero-order chi connectivity index (χ0) is 13.9. The van der Waals surface area contributed by atoms with Crippen LogP contribution in [-0.2, 0) is 10.0 Å². The molecule has 0 atom stereocenters. The summed E-state index contributed by atoms with van der Waals surface area (Å²) >= 11 is 0. The molecule has 1 rings (SSSR count). The molecule has 0 aromatic heterocycles. The molecular weight excluding hydrogens is 264 g/mol. The van der Waals surface area contributed by atoms with Gasteiger partial charge >= 0.3 is 0 Å². The van der Waals surface area contributed by atoms with Gasteiger partial charge in [-0.15, -0.1) is 0 Å². The van der Waals surface area contributed by atoms with Gasteiger partial charge in [0.2, 0.25) is 10.0 Å². The fourth-order valence-electron chi connectivity index (χ4n) is 1.56. The minimum absolute atomic E-state index is 0.171. The molecule has 1 aromatic carbocycles. The van der Waals surface area contributed by atoms with Crippen molar-refractivity contribution in [2.45, 2.75) is 24.8 Å². The van der Waals surface area contributed by atoms with E-state index in [9.17, 15) is 17.2 Å². The molecular formula is C11H15F2NO3S. The summed E-state index contributed by atoms with van der Waals surface area (Å²) in [5.74, 6) is -1.84. The van der Waals surface area contributed by atoms with Gasteiger partial charge in [-0.1, -0.05) is 0 Å². The minimum Gasteiger partial charge on any atom is -0.395 e. The summed E-state index contributed by atoms with van der Waals surface area (Å²) in [5, 5.41) is 8.85. The number of sulfonamides is 1. The molecule has 7 heteroatoms. The van der Waals surface area contributed by atoms with Gasteiger partial charge in [-0.25, -0.2) is 17.2 Å². The largest absolute Gasteiger partial charge is 0.395 e. The van der Waals surface area contributed by atoms with Gasteiger partial charge in [0.15, 0.2) is 0 Å². The van der Waals surface area contributed by atoms with Crippen LogP contribution in [0.3, 0.4) is 0 Å². The van der Waals surface area contributed by atoms with Crippen LogP contribution < -0.4 is 0 Å². The Labute approximate surface area is 105 Å². The van der Waals surface area contributed by atoms with E-state index in [2.05, 4.69) is 0 Å². The number of aliphatic hydroxyl groups excluding tert-OH is 1. The number of hydrogen-bond acceptors (Lipinski definition) is 3. The molecule has 0 aliphatic rings. The van der Waals surface area contributed by atoms with Crippen molar-refractivity contribution in [2.75, 3.05) is 13.2 Å². The number of aliphatic hydroxyl groups is 1. The smallest absolute Gasteiger partial charge is 0.246 e. The lowest BCUT2D eigenvalue weighted by atomic mass is 10.3. The first-order chi connectivity index (χ1) is 8.30. The summed E-state index contributed by atoms with van der Waals surface area (Å²) in [7, 11) is -4.16. The monoisotopic (exact) mass is 279 g/mol. The predicted molar refractivity (Wildman–Crippen MR) is 62.5 cm³/mol. The van der Waals surface area contributed by atoms with Gasteiger partial charge in [0.05, 0.1) is 6.61 Å². The SMILES string of the molecule is CC(C)N(CCO)S(=O)(=O)c1cc(F)ccc1F. The molecule has 0 radical (unpaired) electrons. The highest BCUT2D eigenvalue weighted by Crippen LogP contribution is 2.21. The molecule has 0 fully saturated rings. The van der Waals surface area contributed by atoms with Crippen molar-refractivity contribution in [3.05, 3.63) is 29.8 Å². The lowest BCUT2D eigenvalue weighted by molar-refractivity contribution is 0.236. The number of nitrogens with zero attached hydrogens (tertiary/aromatic N) is 1. The maximum absolute atomic E-state index is 13.5. The third kappa shape index (κ3) is 3.04. The van der Waals surface area contributed by atoms with Crippen LogP contribution in [0.1, 0.15) is 13.8 Å². The van der Waals surface area contributed by atoms with Gasteiger partial charge in [0, 0.05) is 12.6 Å². The van der Waals surface area contributed by atoms with Gasteiger partial charge < -0.3 is 5.11 Å². The first kappa shape index (κ1) is 15.0. The highest BCUT2D eigenvalue weighted by Gasteiger charge is 2.29. The molecule has 0 spiro atoms. The first-order valence-corrected chi connectivity index (χ1v) is 6.82. The number of benzene rings is 1. The van der Waals surface area contributed by atoms with Crippen molar-refractivity contribution in [1.82, 2.24) is 4.31 Å². The van der Waals surface area contributed by atoms with Gasteiger partial charge in [0.1, 0.15) is 16.5 Å². The Kier molecular flexibility index (Phi) is 4.78. The second-order valence-corrected chi connectivity index (χ2v) is 5.87. The zero-order valence-electron chi connectivity index (χ0n) is 10.1. The average Bonchev–Trinajstić information content (AvgIpc) is 2.28. The van der Waals surface area contributed by atoms with Crippen molar-refractivity contribution in [3.63, 3.8) is 0 Å². The van der Waals surface area contributed by atoms with Gasteiger partial charge in [0.25, 0.3) is 0 Å². The Morgan fingerprint density at radius 2 is 1.94 bits per heavy atom. The van der Waals surface area contributed by atoms with Crippen LogP contribution >= 0.6 is 0 Å². The second-order valence-electron chi connectivity index (χ2n) is 4.01. The maximum atomic E-state index is 13.5. The molecule has 1 aromatic rings. The summed E-state index contributed by atoms with van der Waals surface area (Å²) in [6.45, 7) is 2.61. The van der Waals surface area contributed by atoms with Crippen molar-refractivity contribution in [2.24, 2.45) is 0 Å². The van der Waals surface area contributed by atoms with Gasteiger partial charge in [-0.3, -0.25) is 0 Å². The topological polar surface area (TPSA) is 57.6 Å². The van der Waals surface area contributed by atoms with Crippen LogP contribution in [0.5, 0.6) is 0 Å². The minimum atomic E-state index is -4.16. The van der Waals surface area contributed by atoms with Crippen LogP contribution in [0.25, 0.3) is 0 Å². The van der Waals surface area contributed by atoms with Crippen molar-refractivity contribution in [3.8, 4) is 0 Å². The summed E-state index contributed by atoms with van der Waals surface area (Å²) in [6, 6.07) is 1.78. The fraction of sp³-hybridized carbons (Fsp3) is 0.455. The molecule has 1 N–H and O–H groups in total. The van der Waals surface area contributed by atoms with E-state index in [0.717, 1.165) is 16.4 Å². The summed E-state index contributed by atoms with van der Waals surface area (Å²) in [5.41, 5.74) is 0. The summed E-state index contributed by atoms with van der Waals surface area (Å²) in [6.07, 6.45) is 0. The molecule has 0 heterocycles. The highest BCUT2D eigenvalue weighted by atomic mass is 32.2. The second kappa shape index (κ2) is 5.73. The summed E-state index contributed by atoms with van der Waals surface area (Å²) < 4.78 is 51.7. The Morgan fingerprint density at radius 1 is 1.33 bits per heavy atom. The molecule has 0 saturated heterocycles. The molecule has 18 heavy (non-hydrogen) atoms. The van der Waals surface area contributed by atoms with E-state index in [1.54, 1.807) is 13.8 Å². The standard InChI is InChI=1S/C11H15F2NO3S/c1-8(2)14(5-6-15)18(16,17)11-7-9(12)3-4-10(11)13/h3-4,7-8,15H,5-6H2,1-2H3. The average molecular weight is 279 g/mol. The van der Waals surface area contributed by atoms with Gasteiger partial charge in [-0.2, -0.15) is 4.31 Å². The van der Waals surface area contributed by atoms with Crippen molar-refractivity contribution < 1.29 is 22.3 Å². The molecule has 0 bridgehead atoms. The van der Waals surface area contributed by atoms with Crippen LogP contribution in [0, 0.1) is 11.6 Å². The highest BCUT2D eigenvalue weighted by molar-refractivity contribution is 7.89. The van der Waals surface area contributed by atoms with Crippen molar-refractivity contribution in [1.29, 1.82) is 0 Å². The number of rotatable bonds is 5. The van der Waals surface area contributed by atoms with Crippen LogP contribution in [-0.4, -0.2) is 37.0 Å². The quantitative estimate of drug-likeness (QED) is 0.885. The van der Waals surface area contributed by atoms with Crippen LogP contribution in [0.4, 0.5) is 8.78 Å². The molecule has 0 aliphatic heterocycles. The van der Waals surface area contributed by atoms with E-state index in [4.69, 9.17) is 5.11 Å². The summed E-state index contributed by atoms with van der Waals surface area (Å²) in [4.78, 5) is -0.718. The number of halogens is 2. The predicted octanol–water partition coefficient (Wildman–Crippen LogP) is 1.36. The lowest BCUT2D eigenvalue weighted by Crippen LogP contribution is -2.39. The van der Waals surface area contributed by atoms with Crippen LogP contribution in [0.2, 0.25) is 0 Å². The molecule has 4 nitrogen and oxygen atoms in total.